The van der Waals surface area contributed by atoms with E-state index < -0.39 is 0 Å². The van der Waals surface area contributed by atoms with Crippen LogP contribution in [0.4, 0.5) is 0 Å². The molecule has 4 nitrogen and oxygen atoms in total. The molecule has 4 heteroatoms. The second-order valence-electron chi connectivity index (χ2n) is 3.51. The molecule has 2 rings (SSSR count). The summed E-state index contributed by atoms with van der Waals surface area (Å²) in [4.78, 5) is 0. The molecule has 0 amide bonds. The van der Waals surface area contributed by atoms with E-state index >= 15 is 0 Å². The minimum atomic E-state index is 0.147. The molecule has 1 aromatic carbocycles. The number of rotatable bonds is 2. The molecule has 1 aliphatic heterocycles. The van der Waals surface area contributed by atoms with Gasteiger partial charge in [0.1, 0.15) is 11.5 Å². The zero-order valence-corrected chi connectivity index (χ0v) is 8.69. The van der Waals surface area contributed by atoms with Crippen molar-refractivity contribution in [3.63, 3.8) is 0 Å². The Kier molecular flexibility index (Phi) is 3.08. The summed E-state index contributed by atoms with van der Waals surface area (Å²) < 4.78 is 10.6. The van der Waals surface area contributed by atoms with Crippen molar-refractivity contribution < 1.29 is 14.6 Å². The van der Waals surface area contributed by atoms with Crippen molar-refractivity contribution in [1.82, 2.24) is 5.32 Å². The van der Waals surface area contributed by atoms with Crippen molar-refractivity contribution in [2.75, 3.05) is 26.9 Å². The Morgan fingerprint density at radius 2 is 2.40 bits per heavy atom. The van der Waals surface area contributed by atoms with E-state index in [1.165, 1.54) is 0 Å². The van der Waals surface area contributed by atoms with Gasteiger partial charge in [-0.25, -0.2) is 0 Å². The summed E-state index contributed by atoms with van der Waals surface area (Å²) in [7, 11) is 1.60. The first-order valence-electron chi connectivity index (χ1n) is 4.99. The second kappa shape index (κ2) is 4.51. The number of nitrogens with one attached hydrogen (secondary N) is 1. The van der Waals surface area contributed by atoms with E-state index in [4.69, 9.17) is 9.47 Å². The molecule has 0 aromatic heterocycles. The number of phenolic OH excluding ortho intramolecular Hbond substituents is 1. The fourth-order valence-corrected chi connectivity index (χ4v) is 1.75. The van der Waals surface area contributed by atoms with Gasteiger partial charge < -0.3 is 19.9 Å². The molecule has 0 saturated carbocycles. The summed E-state index contributed by atoms with van der Waals surface area (Å²) in [6.45, 7) is 2.23. The van der Waals surface area contributed by atoms with E-state index in [1.807, 2.05) is 6.07 Å². The van der Waals surface area contributed by atoms with Gasteiger partial charge in [0, 0.05) is 18.2 Å². The van der Waals surface area contributed by atoms with Crippen LogP contribution in [0.2, 0.25) is 0 Å². The number of phenols is 1. The zero-order valence-electron chi connectivity index (χ0n) is 8.69. The predicted molar refractivity (Wildman–Crippen MR) is 56.2 cm³/mol. The average molecular weight is 209 g/mol. The molecule has 15 heavy (non-hydrogen) atoms. The molecule has 82 valence electrons. The maximum atomic E-state index is 9.34. The van der Waals surface area contributed by atoms with Crippen LogP contribution in [0.15, 0.2) is 18.2 Å². The van der Waals surface area contributed by atoms with Crippen LogP contribution in [0, 0.1) is 0 Å². The first-order valence-corrected chi connectivity index (χ1v) is 4.99. The molecule has 0 bridgehead atoms. The SMILES string of the molecule is COc1cc(O)ccc1[C@H]1COCCN1. The first-order chi connectivity index (χ1) is 7.31. The highest BCUT2D eigenvalue weighted by Gasteiger charge is 2.18. The molecule has 0 unspecified atom stereocenters. The monoisotopic (exact) mass is 209 g/mol. The molecule has 0 spiro atoms. The summed E-state index contributed by atoms with van der Waals surface area (Å²) in [5.74, 6) is 0.908. The number of hydrogen-bond donors (Lipinski definition) is 2. The van der Waals surface area contributed by atoms with Crippen molar-refractivity contribution in [2.45, 2.75) is 6.04 Å². The van der Waals surface area contributed by atoms with Crippen molar-refractivity contribution >= 4 is 0 Å². The van der Waals surface area contributed by atoms with Crippen LogP contribution in [-0.4, -0.2) is 32.0 Å². The molecular weight excluding hydrogens is 194 g/mol. The van der Waals surface area contributed by atoms with Gasteiger partial charge in [0.05, 0.1) is 26.4 Å². The van der Waals surface area contributed by atoms with Gasteiger partial charge in [-0.05, 0) is 12.1 Å². The predicted octanol–water partition coefficient (Wildman–Crippen LogP) is 1.06. The van der Waals surface area contributed by atoms with E-state index in [9.17, 15) is 5.11 Å². The smallest absolute Gasteiger partial charge is 0.127 e. The van der Waals surface area contributed by atoms with Gasteiger partial charge in [0.25, 0.3) is 0 Å². The van der Waals surface area contributed by atoms with Gasteiger partial charge in [0.2, 0.25) is 0 Å². The Hall–Kier alpha value is -1.26. The molecule has 0 aliphatic carbocycles. The van der Waals surface area contributed by atoms with Crippen LogP contribution in [-0.2, 0) is 4.74 Å². The molecule has 1 atom stereocenters. The van der Waals surface area contributed by atoms with Crippen LogP contribution in [0.5, 0.6) is 11.5 Å². The highest BCUT2D eigenvalue weighted by molar-refractivity contribution is 5.42. The lowest BCUT2D eigenvalue weighted by molar-refractivity contribution is 0.0760. The molecule has 0 radical (unpaired) electrons. The van der Waals surface area contributed by atoms with Gasteiger partial charge in [-0.1, -0.05) is 0 Å². The Morgan fingerprint density at radius 1 is 1.53 bits per heavy atom. The van der Waals surface area contributed by atoms with Crippen molar-refractivity contribution in [3.05, 3.63) is 23.8 Å². The highest BCUT2D eigenvalue weighted by atomic mass is 16.5. The molecule has 1 aromatic rings. The third-order valence-electron chi connectivity index (χ3n) is 2.51. The van der Waals surface area contributed by atoms with E-state index in [-0.39, 0.29) is 11.8 Å². The van der Waals surface area contributed by atoms with Crippen LogP contribution in [0.1, 0.15) is 11.6 Å². The second-order valence-corrected chi connectivity index (χ2v) is 3.51. The lowest BCUT2D eigenvalue weighted by atomic mass is 10.1. The Bertz CT molecular complexity index is 335. The van der Waals surface area contributed by atoms with E-state index in [1.54, 1.807) is 19.2 Å². The minimum absolute atomic E-state index is 0.147. The number of morpholine rings is 1. The van der Waals surface area contributed by atoms with Gasteiger partial charge in [0.15, 0.2) is 0 Å². The maximum absolute atomic E-state index is 9.34. The van der Waals surface area contributed by atoms with E-state index in [0.717, 1.165) is 18.7 Å². The lowest BCUT2D eigenvalue weighted by Gasteiger charge is -2.25. The summed E-state index contributed by atoms with van der Waals surface area (Å²) >= 11 is 0. The normalized spacial score (nSPS) is 21.3. The van der Waals surface area contributed by atoms with Crippen LogP contribution in [0.25, 0.3) is 0 Å². The Morgan fingerprint density at radius 3 is 3.07 bits per heavy atom. The molecule has 1 heterocycles. The third kappa shape index (κ3) is 2.22. The quantitative estimate of drug-likeness (QED) is 0.764. The molecule has 1 fully saturated rings. The standard InChI is InChI=1S/C11H15NO3/c1-14-11-6-8(13)2-3-9(11)10-7-15-5-4-12-10/h2-3,6,10,12-13H,4-5,7H2,1H3/t10-/m1/s1. The third-order valence-corrected chi connectivity index (χ3v) is 2.51. The van der Waals surface area contributed by atoms with Gasteiger partial charge in [-0.2, -0.15) is 0 Å². The zero-order chi connectivity index (χ0) is 10.7. The molecule has 1 aliphatic rings. The number of hydrogen-bond acceptors (Lipinski definition) is 4. The number of aromatic hydroxyl groups is 1. The Labute approximate surface area is 88.8 Å². The summed E-state index contributed by atoms with van der Waals surface area (Å²) in [6.07, 6.45) is 0. The highest BCUT2D eigenvalue weighted by Crippen LogP contribution is 2.29. The fourth-order valence-electron chi connectivity index (χ4n) is 1.75. The largest absolute Gasteiger partial charge is 0.508 e. The van der Waals surface area contributed by atoms with E-state index in [2.05, 4.69) is 5.32 Å². The lowest BCUT2D eigenvalue weighted by Crippen LogP contribution is -2.34. The van der Waals surface area contributed by atoms with Crippen molar-refractivity contribution in [2.24, 2.45) is 0 Å². The first kappa shape index (κ1) is 10.3. The molecular formula is C11H15NO3. The average Bonchev–Trinajstić information content (AvgIpc) is 2.30. The topological polar surface area (TPSA) is 50.7 Å². The van der Waals surface area contributed by atoms with Gasteiger partial charge in [-0.3, -0.25) is 0 Å². The van der Waals surface area contributed by atoms with Crippen LogP contribution in [0.3, 0.4) is 0 Å². The molecule has 1 saturated heterocycles. The van der Waals surface area contributed by atoms with Crippen LogP contribution >= 0.6 is 0 Å². The Balaban J connectivity index is 2.25. The maximum Gasteiger partial charge on any atom is 0.127 e. The fraction of sp³-hybridized carbons (Fsp3) is 0.455. The van der Waals surface area contributed by atoms with Gasteiger partial charge in [-0.15, -0.1) is 0 Å². The number of methoxy groups -OCH3 is 1. The minimum Gasteiger partial charge on any atom is -0.508 e. The van der Waals surface area contributed by atoms with Crippen molar-refractivity contribution in [3.8, 4) is 11.5 Å². The van der Waals surface area contributed by atoms with Crippen LogP contribution < -0.4 is 10.1 Å². The van der Waals surface area contributed by atoms with E-state index in [0.29, 0.717) is 12.4 Å². The summed E-state index contributed by atoms with van der Waals surface area (Å²) in [5, 5.41) is 12.7. The number of benzene rings is 1. The summed E-state index contributed by atoms with van der Waals surface area (Å²) in [5.41, 5.74) is 1.02. The summed E-state index contributed by atoms with van der Waals surface area (Å²) in [6, 6.07) is 5.29. The number of ether oxygens (including phenoxy) is 2. The molecule has 2 N–H and O–H groups in total. The van der Waals surface area contributed by atoms with Crippen molar-refractivity contribution in [1.29, 1.82) is 0 Å². The van der Waals surface area contributed by atoms with Gasteiger partial charge >= 0.3 is 0 Å².